The van der Waals surface area contributed by atoms with Crippen LogP contribution in [0.25, 0.3) is 11.1 Å². The van der Waals surface area contributed by atoms with Crippen molar-refractivity contribution < 1.29 is 24.1 Å². The maximum Gasteiger partial charge on any atom is 0.304 e. The Balaban J connectivity index is 1.57. The highest BCUT2D eigenvalue weighted by molar-refractivity contribution is 5.68. The fourth-order valence-corrected chi connectivity index (χ4v) is 4.13. The lowest BCUT2D eigenvalue weighted by molar-refractivity contribution is -0.230. The maximum absolute atomic E-state index is 11.6. The van der Waals surface area contributed by atoms with Crippen LogP contribution in [0.1, 0.15) is 18.4 Å². The van der Waals surface area contributed by atoms with Crippen LogP contribution in [-0.2, 0) is 20.9 Å². The van der Waals surface area contributed by atoms with Crippen molar-refractivity contribution >= 4 is 5.97 Å². The molecule has 2 heterocycles. The van der Waals surface area contributed by atoms with Crippen LogP contribution in [0.15, 0.2) is 67.0 Å². The van der Waals surface area contributed by atoms with Crippen LogP contribution in [0.5, 0.6) is 5.75 Å². The lowest BCUT2D eigenvalue weighted by Gasteiger charge is -2.53. The fourth-order valence-electron chi connectivity index (χ4n) is 4.13. The molecule has 1 aliphatic heterocycles. The van der Waals surface area contributed by atoms with Crippen molar-refractivity contribution in [2.75, 3.05) is 20.3 Å². The molecule has 1 aliphatic carbocycles. The second kappa shape index (κ2) is 8.42. The van der Waals surface area contributed by atoms with Crippen LogP contribution in [0.2, 0.25) is 0 Å². The Morgan fingerprint density at radius 2 is 2.07 bits per heavy atom. The van der Waals surface area contributed by atoms with Crippen molar-refractivity contribution in [3.05, 3.63) is 72.6 Å². The van der Waals surface area contributed by atoms with Gasteiger partial charge in [0.25, 0.3) is 0 Å². The number of carboxylic acid groups (broad SMARTS) is 1. The Labute approximate surface area is 175 Å². The van der Waals surface area contributed by atoms with Crippen molar-refractivity contribution in [3.8, 4) is 16.9 Å². The second-order valence-electron chi connectivity index (χ2n) is 7.83. The number of carbonyl (C=O) groups is 1. The van der Waals surface area contributed by atoms with Crippen LogP contribution in [0.3, 0.4) is 0 Å². The van der Waals surface area contributed by atoms with Gasteiger partial charge in [-0.15, -0.1) is 0 Å². The Kier molecular flexibility index (Phi) is 5.70. The molecule has 0 bridgehead atoms. The van der Waals surface area contributed by atoms with Gasteiger partial charge in [0.1, 0.15) is 11.4 Å². The van der Waals surface area contributed by atoms with Gasteiger partial charge in [0.15, 0.2) is 0 Å². The average molecular weight is 407 g/mol. The van der Waals surface area contributed by atoms with Gasteiger partial charge >= 0.3 is 5.97 Å². The number of nitrogens with zero attached hydrogens (tertiary/aromatic N) is 1. The monoisotopic (exact) mass is 407 g/mol. The summed E-state index contributed by atoms with van der Waals surface area (Å²) in [4.78, 5) is 15.8. The van der Waals surface area contributed by atoms with Gasteiger partial charge in [-0.05, 0) is 29.7 Å². The van der Waals surface area contributed by atoms with Crippen molar-refractivity contribution in [3.63, 3.8) is 0 Å². The Hall–Kier alpha value is -2.96. The van der Waals surface area contributed by atoms with E-state index in [4.69, 9.17) is 14.2 Å². The molecule has 0 amide bonds. The molecule has 1 fully saturated rings. The summed E-state index contributed by atoms with van der Waals surface area (Å²) in [6, 6.07) is 10.0. The molecule has 1 aromatic heterocycles. The molecule has 2 aromatic rings. The lowest BCUT2D eigenvalue weighted by Crippen LogP contribution is -2.61. The summed E-state index contributed by atoms with van der Waals surface area (Å²) in [5, 5.41) is 9.48. The van der Waals surface area contributed by atoms with E-state index in [0.717, 1.165) is 16.7 Å². The first-order valence-electron chi connectivity index (χ1n) is 9.92. The molecule has 4 rings (SSSR count). The van der Waals surface area contributed by atoms with E-state index in [9.17, 15) is 9.90 Å². The van der Waals surface area contributed by atoms with Crippen LogP contribution in [0.4, 0.5) is 0 Å². The molecule has 30 heavy (non-hydrogen) atoms. The van der Waals surface area contributed by atoms with Crippen LogP contribution in [0, 0.1) is 5.41 Å². The Bertz CT molecular complexity index is 979. The minimum absolute atomic E-state index is 0.0146. The third-order valence-corrected chi connectivity index (χ3v) is 5.88. The van der Waals surface area contributed by atoms with Crippen molar-refractivity contribution in [2.24, 2.45) is 5.41 Å². The van der Waals surface area contributed by atoms with Gasteiger partial charge in [-0.1, -0.05) is 42.5 Å². The third-order valence-electron chi connectivity index (χ3n) is 5.88. The molecular formula is C24H25NO5. The molecule has 1 aromatic carbocycles. The van der Waals surface area contributed by atoms with Crippen LogP contribution >= 0.6 is 0 Å². The first-order valence-corrected chi connectivity index (χ1v) is 9.92. The average Bonchev–Trinajstić information content (AvgIpc) is 2.75. The largest absolute Gasteiger partial charge is 0.495 e. The van der Waals surface area contributed by atoms with E-state index in [1.54, 1.807) is 19.5 Å². The first-order chi connectivity index (χ1) is 14.6. The molecule has 1 N–H and O–H groups in total. The van der Waals surface area contributed by atoms with Gasteiger partial charge < -0.3 is 19.3 Å². The van der Waals surface area contributed by atoms with Crippen LogP contribution < -0.4 is 4.74 Å². The summed E-state index contributed by atoms with van der Waals surface area (Å²) >= 11 is 0. The predicted octanol–water partition coefficient (Wildman–Crippen LogP) is 4.02. The number of ether oxygens (including phenoxy) is 3. The molecular weight excluding hydrogens is 382 g/mol. The van der Waals surface area contributed by atoms with E-state index in [0.29, 0.717) is 32.0 Å². The minimum atomic E-state index is -0.836. The molecule has 6 heteroatoms. The SMILES string of the molecule is COc1cncc(-c2cccc(COC3(C4(CC(=O)O)COC4)C=CC=CC3)c2)c1. The maximum atomic E-state index is 11.6. The number of allylic oxidation sites excluding steroid dienone is 2. The Morgan fingerprint density at radius 1 is 1.20 bits per heavy atom. The van der Waals surface area contributed by atoms with Gasteiger partial charge in [0.05, 0.1) is 45.0 Å². The summed E-state index contributed by atoms with van der Waals surface area (Å²) in [5.74, 6) is -0.135. The Morgan fingerprint density at radius 3 is 2.73 bits per heavy atom. The molecule has 156 valence electrons. The van der Waals surface area contributed by atoms with Crippen molar-refractivity contribution in [1.82, 2.24) is 4.98 Å². The number of carboxylic acids is 1. The summed E-state index contributed by atoms with van der Waals surface area (Å²) < 4.78 is 17.2. The molecule has 1 atom stereocenters. The fraction of sp³-hybridized carbons (Fsp3) is 0.333. The quantitative estimate of drug-likeness (QED) is 0.712. The topological polar surface area (TPSA) is 77.9 Å². The van der Waals surface area contributed by atoms with Gasteiger partial charge in [0, 0.05) is 11.8 Å². The zero-order valence-electron chi connectivity index (χ0n) is 16.9. The number of pyridine rings is 1. The number of methoxy groups -OCH3 is 1. The van der Waals surface area contributed by atoms with Crippen molar-refractivity contribution in [2.45, 2.75) is 25.0 Å². The highest BCUT2D eigenvalue weighted by Crippen LogP contribution is 2.49. The highest BCUT2D eigenvalue weighted by atomic mass is 16.5. The van der Waals surface area contributed by atoms with E-state index in [1.807, 2.05) is 48.6 Å². The van der Waals surface area contributed by atoms with Crippen molar-refractivity contribution in [1.29, 1.82) is 0 Å². The van der Waals surface area contributed by atoms with Gasteiger partial charge in [-0.3, -0.25) is 9.78 Å². The van der Waals surface area contributed by atoms with E-state index in [-0.39, 0.29) is 6.42 Å². The molecule has 1 unspecified atom stereocenters. The number of hydrogen-bond acceptors (Lipinski definition) is 5. The zero-order valence-corrected chi connectivity index (χ0v) is 16.9. The van der Waals surface area contributed by atoms with Gasteiger partial charge in [-0.25, -0.2) is 0 Å². The van der Waals surface area contributed by atoms with Crippen LogP contribution in [-0.4, -0.2) is 42.0 Å². The van der Waals surface area contributed by atoms with E-state index in [1.165, 1.54) is 0 Å². The van der Waals surface area contributed by atoms with E-state index in [2.05, 4.69) is 11.1 Å². The highest BCUT2D eigenvalue weighted by Gasteiger charge is 2.56. The number of aliphatic carboxylic acids is 1. The molecule has 0 spiro atoms. The smallest absolute Gasteiger partial charge is 0.304 e. The standard InChI is InChI=1S/C24H25NO5/c1-28-21-11-20(13-25-14-21)19-7-5-6-18(10-19)15-30-24(8-3-2-4-9-24)23(12-22(26)27)16-29-17-23/h2-8,10-11,13-14H,9,12,15-17H2,1H3,(H,26,27). The molecule has 6 nitrogen and oxygen atoms in total. The molecule has 0 saturated carbocycles. The van der Waals surface area contributed by atoms with E-state index >= 15 is 0 Å². The number of aromatic nitrogens is 1. The summed E-state index contributed by atoms with van der Waals surface area (Å²) in [5.41, 5.74) is 1.72. The summed E-state index contributed by atoms with van der Waals surface area (Å²) in [6.07, 6.45) is 12.0. The lowest BCUT2D eigenvalue weighted by atomic mass is 9.65. The van der Waals surface area contributed by atoms with Gasteiger partial charge in [-0.2, -0.15) is 0 Å². The molecule has 1 saturated heterocycles. The first kappa shape index (κ1) is 20.3. The second-order valence-corrected chi connectivity index (χ2v) is 7.83. The van der Waals surface area contributed by atoms with Gasteiger partial charge in [0.2, 0.25) is 0 Å². The summed E-state index contributed by atoms with van der Waals surface area (Å²) in [6.45, 7) is 1.13. The molecule has 2 aliphatic rings. The zero-order chi connectivity index (χ0) is 21.0. The number of hydrogen-bond donors (Lipinski definition) is 1. The van der Waals surface area contributed by atoms with E-state index < -0.39 is 17.0 Å². The minimum Gasteiger partial charge on any atom is -0.495 e. The summed E-state index contributed by atoms with van der Waals surface area (Å²) in [7, 11) is 1.62. The molecule has 0 radical (unpaired) electrons. The third kappa shape index (κ3) is 3.88. The number of rotatable bonds is 8. The predicted molar refractivity (Wildman–Crippen MR) is 112 cm³/mol. The number of benzene rings is 1. The normalized spacial score (nSPS) is 21.8.